The molecule has 4 heterocycles. The summed E-state index contributed by atoms with van der Waals surface area (Å²) in [5, 5.41) is 8.00. The molecule has 1 amide bonds. The molecule has 3 aromatic heterocycles. The summed E-state index contributed by atoms with van der Waals surface area (Å²) in [5.74, 6) is 1.52. The molecule has 6 rings (SSSR count). The number of aromatic nitrogens is 5. The smallest absolute Gasteiger partial charge is 0.262 e. The molecule has 0 radical (unpaired) electrons. The van der Waals surface area contributed by atoms with E-state index in [1.807, 2.05) is 42.5 Å². The molecule has 34 heavy (non-hydrogen) atoms. The molecule has 0 saturated carbocycles. The molecule has 2 N–H and O–H groups in total. The predicted octanol–water partition coefficient (Wildman–Crippen LogP) is 3.06. The maximum Gasteiger partial charge on any atom is 0.262 e. The first-order valence-corrected chi connectivity index (χ1v) is 11.5. The lowest BCUT2D eigenvalue weighted by Gasteiger charge is -2.17. The van der Waals surface area contributed by atoms with Crippen molar-refractivity contribution in [3.8, 4) is 17.2 Å². The number of nitrogens with one attached hydrogen (secondary N) is 2. The zero-order chi connectivity index (χ0) is 23.1. The number of carbonyl (C=O) groups excluding carboxylic acids is 1. The molecule has 0 atom stereocenters. The van der Waals surface area contributed by atoms with Gasteiger partial charge in [0.1, 0.15) is 24.4 Å². The maximum atomic E-state index is 12.6. The van der Waals surface area contributed by atoms with Crippen molar-refractivity contribution in [1.29, 1.82) is 0 Å². The van der Waals surface area contributed by atoms with Crippen LogP contribution in [0.3, 0.4) is 0 Å². The van der Waals surface area contributed by atoms with Gasteiger partial charge in [0.15, 0.2) is 22.3 Å². The Balaban J connectivity index is 1.19. The number of hydrogen-bond acceptors (Lipinski definition) is 8. The van der Waals surface area contributed by atoms with Crippen LogP contribution in [-0.4, -0.2) is 43.9 Å². The van der Waals surface area contributed by atoms with E-state index in [4.69, 9.17) is 9.47 Å². The third kappa shape index (κ3) is 3.75. The lowest BCUT2D eigenvalue weighted by Crippen LogP contribution is -2.16. The summed E-state index contributed by atoms with van der Waals surface area (Å²) in [6.07, 6.45) is 1.89. The highest BCUT2D eigenvalue weighted by molar-refractivity contribution is 7.22. The summed E-state index contributed by atoms with van der Waals surface area (Å²) in [6.45, 7) is 1.01. The molecule has 1 aliphatic rings. The second-order valence-corrected chi connectivity index (χ2v) is 8.70. The molecule has 1 aliphatic heterocycles. The van der Waals surface area contributed by atoms with E-state index in [-0.39, 0.29) is 24.3 Å². The zero-order valence-electron chi connectivity index (χ0n) is 17.8. The number of nitrogens with zero attached hydrogens (tertiary/aromatic N) is 4. The van der Waals surface area contributed by atoms with Crippen LogP contribution in [0, 0.1) is 0 Å². The van der Waals surface area contributed by atoms with Crippen LogP contribution >= 0.6 is 11.3 Å². The van der Waals surface area contributed by atoms with Crippen molar-refractivity contribution < 1.29 is 14.3 Å². The van der Waals surface area contributed by atoms with E-state index in [2.05, 4.69) is 25.4 Å². The number of carbonyl (C=O) groups is 1. The van der Waals surface area contributed by atoms with Crippen molar-refractivity contribution in [3.63, 3.8) is 0 Å². The summed E-state index contributed by atoms with van der Waals surface area (Å²) < 4.78 is 13.7. The Bertz CT molecular complexity index is 1550. The number of aryl methyl sites for hydroxylation is 1. The second kappa shape index (κ2) is 8.27. The van der Waals surface area contributed by atoms with Crippen LogP contribution in [0.5, 0.6) is 11.5 Å². The van der Waals surface area contributed by atoms with Gasteiger partial charge in [-0.15, -0.1) is 0 Å². The number of ether oxygens (including phenoxy) is 2. The molecule has 11 heteroatoms. The van der Waals surface area contributed by atoms with Crippen LogP contribution in [0.4, 0.5) is 5.13 Å². The highest BCUT2D eigenvalue weighted by Gasteiger charge is 2.17. The molecule has 2 aromatic carbocycles. The van der Waals surface area contributed by atoms with E-state index in [0.717, 1.165) is 15.9 Å². The van der Waals surface area contributed by atoms with Gasteiger partial charge in [0, 0.05) is 25.0 Å². The van der Waals surface area contributed by atoms with Crippen molar-refractivity contribution in [1.82, 2.24) is 24.7 Å². The Morgan fingerprint density at radius 3 is 2.74 bits per heavy atom. The van der Waals surface area contributed by atoms with E-state index in [9.17, 15) is 9.59 Å². The van der Waals surface area contributed by atoms with Crippen LogP contribution in [-0.2, 0) is 11.2 Å². The number of thiazole rings is 1. The maximum absolute atomic E-state index is 12.6. The number of aromatic amines is 1. The Morgan fingerprint density at radius 1 is 1.12 bits per heavy atom. The predicted molar refractivity (Wildman–Crippen MR) is 127 cm³/mol. The van der Waals surface area contributed by atoms with Crippen molar-refractivity contribution in [2.45, 2.75) is 12.8 Å². The Hall–Kier alpha value is -4.25. The second-order valence-electron chi connectivity index (χ2n) is 7.67. The van der Waals surface area contributed by atoms with Gasteiger partial charge in [0.2, 0.25) is 5.91 Å². The number of rotatable bonds is 5. The minimum atomic E-state index is -0.290. The van der Waals surface area contributed by atoms with Crippen LogP contribution in [0.25, 0.3) is 26.9 Å². The van der Waals surface area contributed by atoms with Gasteiger partial charge in [0.05, 0.1) is 22.1 Å². The van der Waals surface area contributed by atoms with Crippen LogP contribution in [0.1, 0.15) is 12.2 Å². The molecule has 0 spiro atoms. The average Bonchev–Trinajstić information content (AvgIpc) is 3.45. The van der Waals surface area contributed by atoms with Crippen LogP contribution in [0.2, 0.25) is 0 Å². The normalized spacial score (nSPS) is 12.8. The number of para-hydroxylation sites is 1. The van der Waals surface area contributed by atoms with Gasteiger partial charge in [-0.1, -0.05) is 29.5 Å². The SMILES string of the molecule is O=C(CCc1nc2c(cnn2-c2ccccc2)c(=O)[nH]1)Nc1nc2cc3c(cc2s1)OCCO3. The van der Waals surface area contributed by atoms with E-state index in [0.29, 0.717) is 46.7 Å². The van der Waals surface area contributed by atoms with Crippen LogP contribution < -0.4 is 20.3 Å². The Morgan fingerprint density at radius 2 is 1.91 bits per heavy atom. The van der Waals surface area contributed by atoms with Gasteiger partial charge in [0.25, 0.3) is 5.56 Å². The summed E-state index contributed by atoms with van der Waals surface area (Å²) in [4.78, 5) is 36.9. The van der Waals surface area contributed by atoms with Crippen molar-refractivity contribution in [2.24, 2.45) is 0 Å². The third-order valence-electron chi connectivity index (χ3n) is 5.38. The fourth-order valence-electron chi connectivity index (χ4n) is 3.77. The number of anilines is 1. The summed E-state index contributed by atoms with van der Waals surface area (Å²) in [7, 11) is 0. The Kier molecular flexibility index (Phi) is 4.95. The molecule has 170 valence electrons. The zero-order valence-corrected chi connectivity index (χ0v) is 18.6. The van der Waals surface area contributed by atoms with Gasteiger partial charge in [-0.05, 0) is 12.1 Å². The highest BCUT2D eigenvalue weighted by atomic mass is 32.1. The minimum Gasteiger partial charge on any atom is -0.486 e. The molecular formula is C23H18N6O4S. The lowest BCUT2D eigenvalue weighted by atomic mass is 10.2. The summed E-state index contributed by atoms with van der Waals surface area (Å²) in [6, 6.07) is 13.1. The van der Waals surface area contributed by atoms with Crippen molar-refractivity contribution in [2.75, 3.05) is 18.5 Å². The third-order valence-corrected chi connectivity index (χ3v) is 6.31. The fourth-order valence-corrected chi connectivity index (χ4v) is 4.66. The molecular weight excluding hydrogens is 456 g/mol. The van der Waals surface area contributed by atoms with Gasteiger partial charge < -0.3 is 19.8 Å². The number of benzene rings is 2. The quantitative estimate of drug-likeness (QED) is 0.401. The standard InChI is InChI=1S/C23H18N6O4S/c30-20(28-23-25-15-10-16-17(11-18(15)34-23)33-9-8-32-16)7-6-19-26-21-14(22(31)27-19)12-24-29(21)13-4-2-1-3-5-13/h1-5,10-12H,6-9H2,(H,25,28,30)(H,26,27,31). The van der Waals surface area contributed by atoms with Gasteiger partial charge >= 0.3 is 0 Å². The molecule has 0 saturated heterocycles. The monoisotopic (exact) mass is 474 g/mol. The highest BCUT2D eigenvalue weighted by Crippen LogP contribution is 2.37. The molecule has 5 aromatic rings. The number of hydrogen-bond donors (Lipinski definition) is 2. The van der Waals surface area contributed by atoms with Gasteiger partial charge in [-0.3, -0.25) is 9.59 Å². The van der Waals surface area contributed by atoms with Crippen molar-refractivity contribution in [3.05, 3.63) is 64.8 Å². The number of H-pyrrole nitrogens is 1. The van der Waals surface area contributed by atoms with Gasteiger partial charge in [-0.2, -0.15) is 5.10 Å². The lowest BCUT2D eigenvalue weighted by molar-refractivity contribution is -0.116. The first kappa shape index (κ1) is 20.4. The van der Waals surface area contributed by atoms with E-state index < -0.39 is 0 Å². The first-order chi connectivity index (χ1) is 16.6. The average molecular weight is 475 g/mol. The largest absolute Gasteiger partial charge is 0.486 e. The molecule has 0 unspecified atom stereocenters. The van der Waals surface area contributed by atoms with E-state index >= 15 is 0 Å². The van der Waals surface area contributed by atoms with Crippen LogP contribution in [0.15, 0.2) is 53.5 Å². The molecule has 10 nitrogen and oxygen atoms in total. The fraction of sp³-hybridized carbons (Fsp3) is 0.174. The minimum absolute atomic E-state index is 0.132. The molecule has 0 aliphatic carbocycles. The van der Waals surface area contributed by atoms with E-state index in [1.54, 1.807) is 4.68 Å². The van der Waals surface area contributed by atoms with Crippen molar-refractivity contribution >= 4 is 43.6 Å². The Labute approximate surface area is 196 Å². The summed E-state index contributed by atoms with van der Waals surface area (Å²) >= 11 is 1.36. The first-order valence-electron chi connectivity index (χ1n) is 10.7. The van der Waals surface area contributed by atoms with E-state index in [1.165, 1.54) is 17.5 Å². The molecule has 0 bridgehead atoms. The topological polar surface area (TPSA) is 124 Å². The molecule has 0 fully saturated rings. The number of fused-ring (bicyclic) bond motifs is 3. The number of amides is 1. The summed E-state index contributed by atoms with van der Waals surface area (Å²) in [5.41, 5.74) is 1.69. The van der Waals surface area contributed by atoms with Gasteiger partial charge in [-0.25, -0.2) is 14.6 Å².